The van der Waals surface area contributed by atoms with E-state index in [0.717, 1.165) is 203 Å². The van der Waals surface area contributed by atoms with E-state index < -0.39 is 0 Å². The van der Waals surface area contributed by atoms with Gasteiger partial charge in [-0.15, -0.1) is 0 Å². The Morgan fingerprint density at radius 3 is 1.03 bits per heavy atom. The molecule has 0 N–H and O–H groups in total. The molecular weight excluding hydrogens is 1130 g/mol. The van der Waals surface area contributed by atoms with Gasteiger partial charge in [0.25, 0.3) is 0 Å². The van der Waals surface area contributed by atoms with E-state index in [1.165, 1.54) is 5.39 Å². The van der Waals surface area contributed by atoms with E-state index in [0.29, 0.717) is 0 Å². The van der Waals surface area contributed by atoms with Crippen molar-refractivity contribution in [1.82, 2.24) is 18.3 Å². The Hall–Kier alpha value is -12.5. The zero-order valence-corrected chi connectivity index (χ0v) is 49.0. The van der Waals surface area contributed by atoms with Crippen LogP contribution in [0.2, 0.25) is 0 Å². The largest absolute Gasteiger partial charge is 0.454 e. The monoisotopic (exact) mass is 1170 g/mol. The van der Waals surface area contributed by atoms with E-state index in [9.17, 15) is 0 Å². The summed E-state index contributed by atoms with van der Waals surface area (Å²) in [6.07, 6.45) is 0. The summed E-state index contributed by atoms with van der Waals surface area (Å²) in [6, 6.07) is 100. The first kappa shape index (κ1) is 48.5. The van der Waals surface area contributed by atoms with Gasteiger partial charge in [-0.3, -0.25) is 0 Å². The van der Waals surface area contributed by atoms with E-state index in [1.807, 2.05) is 12.1 Å². The number of aromatic nitrogens is 4. The molecule has 0 saturated carbocycles. The van der Waals surface area contributed by atoms with Crippen LogP contribution >= 0.6 is 0 Å². The molecule has 0 amide bonds. The smallest absolute Gasteiger partial charge is 0.160 e. The molecule has 22 aromatic rings. The average molecular weight is 1180 g/mol. The molecule has 0 unspecified atom stereocenters. The van der Waals surface area contributed by atoms with Crippen molar-refractivity contribution in [3.05, 3.63) is 279 Å². The van der Waals surface area contributed by atoms with Gasteiger partial charge >= 0.3 is 0 Å². The minimum atomic E-state index is 0.813. The van der Waals surface area contributed by atoms with Crippen molar-refractivity contribution in [2.75, 3.05) is 0 Å². The van der Waals surface area contributed by atoms with Crippen molar-refractivity contribution in [3.63, 3.8) is 0 Å². The Labute approximate surface area is 520 Å². The van der Waals surface area contributed by atoms with Crippen molar-refractivity contribution >= 4 is 175 Å². The van der Waals surface area contributed by atoms with Crippen LogP contribution in [0.4, 0.5) is 0 Å². The van der Waals surface area contributed by atoms with Crippen LogP contribution in [0.5, 0.6) is 0 Å². The lowest BCUT2D eigenvalue weighted by atomic mass is 9.95. The summed E-state index contributed by atoms with van der Waals surface area (Å²) in [5.41, 5.74) is 21.6. The average Bonchev–Trinajstić information content (AvgIpc) is 1.57. The predicted molar refractivity (Wildman–Crippen MR) is 378 cm³/mol. The number of furan rings is 4. The molecule has 0 aliphatic rings. The van der Waals surface area contributed by atoms with Gasteiger partial charge in [-0.2, -0.15) is 0 Å². The molecular formula is C84H46N4O4. The number of hydrogen-bond acceptors (Lipinski definition) is 4. The van der Waals surface area contributed by atoms with Gasteiger partial charge in [-0.05, 0) is 126 Å². The Morgan fingerprint density at radius 2 is 0.543 bits per heavy atom. The fourth-order valence-electron chi connectivity index (χ4n) is 16.1. The summed E-state index contributed by atoms with van der Waals surface area (Å²) in [5, 5.41) is 17.7. The summed E-state index contributed by atoms with van der Waals surface area (Å²) >= 11 is 0. The molecule has 0 saturated heterocycles. The third kappa shape index (κ3) is 6.24. The maximum absolute atomic E-state index is 7.27. The van der Waals surface area contributed by atoms with E-state index in [-0.39, 0.29) is 0 Å². The second-order valence-corrected chi connectivity index (χ2v) is 24.6. The Balaban J connectivity index is 0.745. The number of fused-ring (bicyclic) bond motifs is 28. The lowest BCUT2D eigenvalue weighted by Crippen LogP contribution is -2.03. The number of rotatable bonds is 5. The molecule has 0 atom stereocenters. The molecule has 0 bridgehead atoms. The molecule has 8 nitrogen and oxygen atoms in total. The molecule has 8 aromatic heterocycles. The lowest BCUT2D eigenvalue weighted by Gasteiger charge is -2.16. The van der Waals surface area contributed by atoms with Crippen LogP contribution in [0.3, 0.4) is 0 Å². The van der Waals surface area contributed by atoms with Gasteiger partial charge < -0.3 is 35.9 Å². The van der Waals surface area contributed by atoms with Gasteiger partial charge in [-0.25, -0.2) is 0 Å². The molecule has 0 aliphatic heterocycles. The maximum atomic E-state index is 7.27. The van der Waals surface area contributed by atoms with Crippen molar-refractivity contribution in [2.24, 2.45) is 0 Å². The first-order valence-electron chi connectivity index (χ1n) is 31.3. The van der Waals surface area contributed by atoms with Crippen molar-refractivity contribution in [1.29, 1.82) is 0 Å². The lowest BCUT2D eigenvalue weighted by molar-refractivity contribution is 0.670. The highest BCUT2D eigenvalue weighted by molar-refractivity contribution is 6.28. The summed E-state index contributed by atoms with van der Waals surface area (Å²) < 4.78 is 37.6. The Morgan fingerprint density at radius 1 is 0.207 bits per heavy atom. The number of benzene rings is 14. The fourth-order valence-corrected chi connectivity index (χ4v) is 16.1. The van der Waals surface area contributed by atoms with Crippen LogP contribution in [0, 0.1) is 0 Å². The van der Waals surface area contributed by atoms with Crippen molar-refractivity contribution in [3.8, 4) is 33.9 Å². The molecule has 0 fully saturated rings. The molecule has 0 aliphatic carbocycles. The number of hydrogen-bond donors (Lipinski definition) is 0. The first-order chi connectivity index (χ1) is 45.7. The van der Waals surface area contributed by atoms with Gasteiger partial charge in [0, 0.05) is 97.6 Å². The van der Waals surface area contributed by atoms with Crippen LogP contribution < -0.4 is 0 Å². The third-order valence-electron chi connectivity index (χ3n) is 20.0. The Bertz CT molecular complexity index is 7010. The van der Waals surface area contributed by atoms with E-state index in [4.69, 9.17) is 17.7 Å². The van der Waals surface area contributed by atoms with Crippen molar-refractivity contribution < 1.29 is 17.7 Å². The zero-order valence-electron chi connectivity index (χ0n) is 49.0. The molecule has 22 rings (SSSR count). The SMILES string of the molecule is c1ccc(-n2c3ccccc3c3ccc4c5cc(-c6cc7c8ccccc8n(-c8ccc(-n9c%10ccccc%10c%10ccc%11c%12ccccc%12oc%11c%109)cc8)c7c7oc8ccccc8c67)ccc5oc4c32)c(-n2c3ccccc3c3ccc4c5ccccc5oc4c32)c1. The number of para-hydroxylation sites is 9. The molecule has 8 heteroatoms. The van der Waals surface area contributed by atoms with Crippen LogP contribution in [0.25, 0.3) is 209 Å². The third-order valence-corrected chi connectivity index (χ3v) is 20.0. The minimum absolute atomic E-state index is 0.813. The van der Waals surface area contributed by atoms with Gasteiger partial charge in [0.05, 0.1) is 55.5 Å². The zero-order chi connectivity index (χ0) is 59.6. The van der Waals surface area contributed by atoms with Crippen LogP contribution in [0.15, 0.2) is 297 Å². The highest BCUT2D eigenvalue weighted by Crippen LogP contribution is 2.50. The van der Waals surface area contributed by atoms with Crippen molar-refractivity contribution in [2.45, 2.75) is 0 Å². The highest BCUT2D eigenvalue weighted by atomic mass is 16.3. The normalized spacial score (nSPS) is 12.6. The summed E-state index contributed by atoms with van der Waals surface area (Å²) in [6.45, 7) is 0. The molecule has 8 heterocycles. The van der Waals surface area contributed by atoms with Crippen LogP contribution in [-0.2, 0) is 0 Å². The summed E-state index contributed by atoms with van der Waals surface area (Å²) in [4.78, 5) is 0. The molecule has 14 aromatic carbocycles. The van der Waals surface area contributed by atoms with E-state index >= 15 is 0 Å². The standard InChI is InChI=1S/C84H46N4O4/c1-8-24-66-50(17-1)56-38-41-59-54-21-5-14-30-72(54)89-81(59)77(56)85(66)48-34-36-49(37-35-48)86-67-25-9-4-20-53(67)65-46-63(76-62-23-7-16-32-74(62)92-84(76)80(65)86)47-33-44-75-64(45-47)61-43-40-58-52-19-3-11-27-69(52)88(79(58)83(61)91-75)71-29-13-12-28-70(71)87-68-26-10-2-18-51(68)57-39-42-60-55-22-6-15-31-73(55)90-82(60)78(57)87/h1-46H. The van der Waals surface area contributed by atoms with Gasteiger partial charge in [0.1, 0.15) is 22.3 Å². The Kier molecular flexibility index (Phi) is 9.29. The van der Waals surface area contributed by atoms with E-state index in [2.05, 4.69) is 285 Å². The maximum Gasteiger partial charge on any atom is 0.160 e. The highest BCUT2D eigenvalue weighted by Gasteiger charge is 2.28. The molecule has 426 valence electrons. The molecule has 0 radical (unpaired) electrons. The van der Waals surface area contributed by atoms with Gasteiger partial charge in [0.15, 0.2) is 22.3 Å². The number of nitrogens with zero attached hydrogens (tertiary/aromatic N) is 4. The minimum Gasteiger partial charge on any atom is -0.454 e. The predicted octanol–water partition coefficient (Wildman–Crippen LogP) is 23.3. The van der Waals surface area contributed by atoms with E-state index in [1.54, 1.807) is 0 Å². The quantitative estimate of drug-likeness (QED) is 0.172. The van der Waals surface area contributed by atoms with Gasteiger partial charge in [0.2, 0.25) is 0 Å². The molecule has 0 spiro atoms. The second-order valence-electron chi connectivity index (χ2n) is 24.6. The van der Waals surface area contributed by atoms with Gasteiger partial charge in [-0.1, -0.05) is 164 Å². The summed E-state index contributed by atoms with van der Waals surface area (Å²) in [7, 11) is 0. The first-order valence-corrected chi connectivity index (χ1v) is 31.3. The fraction of sp³-hybridized carbons (Fsp3) is 0. The molecule has 92 heavy (non-hydrogen) atoms. The topological polar surface area (TPSA) is 72.3 Å². The summed E-state index contributed by atoms with van der Waals surface area (Å²) in [5.74, 6) is 0. The van der Waals surface area contributed by atoms with Crippen LogP contribution in [-0.4, -0.2) is 18.3 Å². The second kappa shape index (κ2) is 17.6. The van der Waals surface area contributed by atoms with Crippen LogP contribution in [0.1, 0.15) is 0 Å².